The zero-order chi connectivity index (χ0) is 9.42. The quantitative estimate of drug-likeness (QED) is 0.568. The molecule has 1 heterocycles. The first-order valence-corrected chi connectivity index (χ1v) is 4.19. The van der Waals surface area contributed by atoms with Crippen molar-refractivity contribution >= 4 is 32.9 Å². The maximum atomic E-state index is 10.5. The number of nitrogens with zero attached hydrogens (tertiary/aromatic N) is 3. The van der Waals surface area contributed by atoms with Crippen LogP contribution in [0.15, 0.2) is 24.3 Å². The highest BCUT2D eigenvalue weighted by Crippen LogP contribution is 2.25. The van der Waals surface area contributed by atoms with Crippen LogP contribution in [0.25, 0.3) is 10.9 Å². The molecule has 0 atom stereocenters. The summed E-state index contributed by atoms with van der Waals surface area (Å²) in [5, 5.41) is 14.8. The van der Waals surface area contributed by atoms with Gasteiger partial charge in [0.15, 0.2) is 0 Å². The van der Waals surface area contributed by atoms with E-state index in [0.29, 0.717) is 10.9 Å². The molecule has 0 bridgehead atoms. The smallest absolute Gasteiger partial charge is 0.358 e. The molecule has 0 radical (unpaired) electrons. The first-order chi connectivity index (χ1) is 6.20. The van der Waals surface area contributed by atoms with Gasteiger partial charge in [-0.25, -0.2) is 0 Å². The highest BCUT2D eigenvalue weighted by atomic mass is 79.9. The van der Waals surface area contributed by atoms with Crippen LogP contribution >= 0.6 is 16.1 Å². The van der Waals surface area contributed by atoms with E-state index in [1.165, 1.54) is 3.71 Å². The molecule has 66 valence electrons. The van der Waals surface area contributed by atoms with Gasteiger partial charge in [0.2, 0.25) is 0 Å². The Bertz CT molecular complexity index is 480. The second-order valence-electron chi connectivity index (χ2n) is 2.46. The molecule has 0 unspecified atom stereocenters. The number of fused-ring (bicyclic) bond motifs is 1. The van der Waals surface area contributed by atoms with Crippen molar-refractivity contribution in [3.8, 4) is 0 Å². The SMILES string of the molecule is O=[N+]([O-])c1nn(Br)c2ccccc12. The van der Waals surface area contributed by atoms with Gasteiger partial charge in [0.05, 0.1) is 5.10 Å². The van der Waals surface area contributed by atoms with E-state index in [2.05, 4.69) is 21.2 Å². The second kappa shape index (κ2) is 2.81. The van der Waals surface area contributed by atoms with Crippen molar-refractivity contribution < 1.29 is 4.92 Å². The monoisotopic (exact) mass is 241 g/mol. The maximum absolute atomic E-state index is 10.5. The van der Waals surface area contributed by atoms with Crippen LogP contribution in [0.2, 0.25) is 0 Å². The summed E-state index contributed by atoms with van der Waals surface area (Å²) in [6.07, 6.45) is 0. The van der Waals surface area contributed by atoms with E-state index < -0.39 is 4.92 Å². The van der Waals surface area contributed by atoms with Gasteiger partial charge in [0, 0.05) is 0 Å². The lowest BCUT2D eigenvalue weighted by molar-refractivity contribution is -0.387. The number of hydrogen-bond donors (Lipinski definition) is 0. The van der Waals surface area contributed by atoms with Crippen LogP contribution in [-0.4, -0.2) is 13.7 Å². The lowest BCUT2D eigenvalue weighted by Gasteiger charge is -1.87. The molecular formula is C7H4BrN3O2. The van der Waals surface area contributed by atoms with Crippen molar-refractivity contribution in [3.63, 3.8) is 0 Å². The van der Waals surface area contributed by atoms with Crippen LogP contribution in [0, 0.1) is 10.1 Å². The zero-order valence-corrected chi connectivity index (χ0v) is 7.93. The Kier molecular flexibility index (Phi) is 1.77. The Morgan fingerprint density at radius 1 is 1.46 bits per heavy atom. The highest BCUT2D eigenvalue weighted by Gasteiger charge is 2.19. The summed E-state index contributed by atoms with van der Waals surface area (Å²) in [4.78, 5) is 10.0. The summed E-state index contributed by atoms with van der Waals surface area (Å²) in [7, 11) is 0. The number of nitro groups is 1. The van der Waals surface area contributed by atoms with Crippen LogP contribution in [0.5, 0.6) is 0 Å². The van der Waals surface area contributed by atoms with Gasteiger partial charge in [-0.15, -0.1) is 3.71 Å². The molecule has 0 amide bonds. The van der Waals surface area contributed by atoms with Gasteiger partial charge >= 0.3 is 5.82 Å². The van der Waals surface area contributed by atoms with Crippen molar-refractivity contribution in [1.29, 1.82) is 0 Å². The lowest BCUT2D eigenvalue weighted by atomic mass is 10.2. The molecule has 1 aromatic heterocycles. The number of benzene rings is 1. The number of hydrogen-bond acceptors (Lipinski definition) is 3. The predicted octanol–water partition coefficient (Wildman–Crippen LogP) is 2.10. The fourth-order valence-corrected chi connectivity index (χ4v) is 1.61. The molecule has 0 saturated carbocycles. The molecule has 0 aliphatic rings. The summed E-state index contributed by atoms with van der Waals surface area (Å²) >= 11 is 3.09. The van der Waals surface area contributed by atoms with Crippen LogP contribution in [-0.2, 0) is 0 Å². The molecule has 2 aromatic rings. The minimum Gasteiger partial charge on any atom is -0.358 e. The Morgan fingerprint density at radius 3 is 2.85 bits per heavy atom. The summed E-state index contributed by atoms with van der Waals surface area (Å²) < 4.78 is 1.32. The Labute approximate surface area is 81.5 Å². The first kappa shape index (κ1) is 8.18. The van der Waals surface area contributed by atoms with Gasteiger partial charge in [0.1, 0.15) is 27.1 Å². The summed E-state index contributed by atoms with van der Waals surface area (Å²) in [6, 6.07) is 6.96. The molecule has 0 saturated heterocycles. The van der Waals surface area contributed by atoms with Gasteiger partial charge < -0.3 is 10.1 Å². The minimum atomic E-state index is -0.500. The van der Waals surface area contributed by atoms with Gasteiger partial charge in [0.25, 0.3) is 0 Å². The van der Waals surface area contributed by atoms with E-state index in [1.807, 2.05) is 0 Å². The normalized spacial score (nSPS) is 10.5. The van der Waals surface area contributed by atoms with E-state index in [0.717, 1.165) is 0 Å². The minimum absolute atomic E-state index is 0.132. The van der Waals surface area contributed by atoms with Crippen molar-refractivity contribution in [2.45, 2.75) is 0 Å². The average Bonchev–Trinajstić information content (AvgIpc) is 2.45. The average molecular weight is 242 g/mol. The van der Waals surface area contributed by atoms with Crippen molar-refractivity contribution in [3.05, 3.63) is 34.4 Å². The van der Waals surface area contributed by atoms with E-state index in [-0.39, 0.29) is 5.82 Å². The predicted molar refractivity (Wildman–Crippen MR) is 50.7 cm³/mol. The fraction of sp³-hybridized carbons (Fsp3) is 0. The fourth-order valence-electron chi connectivity index (χ4n) is 1.15. The largest absolute Gasteiger partial charge is 0.398 e. The summed E-state index contributed by atoms with van der Waals surface area (Å²) in [6.45, 7) is 0. The van der Waals surface area contributed by atoms with Crippen LogP contribution in [0.1, 0.15) is 0 Å². The van der Waals surface area contributed by atoms with Gasteiger partial charge in [-0.1, -0.05) is 12.1 Å². The molecule has 0 fully saturated rings. The molecule has 0 aliphatic heterocycles. The van der Waals surface area contributed by atoms with Crippen molar-refractivity contribution in [1.82, 2.24) is 8.81 Å². The standard InChI is InChI=1S/C7H4BrN3O2/c8-10-6-4-2-1-3-5(6)7(9-10)11(12)13/h1-4H. The topological polar surface area (TPSA) is 61.0 Å². The van der Waals surface area contributed by atoms with Gasteiger partial charge in [-0.2, -0.15) is 0 Å². The zero-order valence-electron chi connectivity index (χ0n) is 6.35. The van der Waals surface area contributed by atoms with E-state index >= 15 is 0 Å². The Balaban J connectivity index is 2.85. The number of para-hydroxylation sites is 1. The van der Waals surface area contributed by atoms with Gasteiger partial charge in [-0.3, -0.25) is 0 Å². The van der Waals surface area contributed by atoms with Crippen LogP contribution in [0.4, 0.5) is 5.82 Å². The van der Waals surface area contributed by atoms with E-state index in [9.17, 15) is 10.1 Å². The van der Waals surface area contributed by atoms with Crippen LogP contribution < -0.4 is 0 Å². The molecule has 13 heavy (non-hydrogen) atoms. The van der Waals surface area contributed by atoms with Gasteiger partial charge in [-0.05, 0) is 17.1 Å². The molecule has 2 rings (SSSR count). The molecule has 0 aliphatic carbocycles. The number of rotatable bonds is 1. The molecule has 0 N–H and O–H groups in total. The third-order valence-corrected chi connectivity index (χ3v) is 2.24. The van der Waals surface area contributed by atoms with E-state index in [1.54, 1.807) is 24.3 Å². The lowest BCUT2D eigenvalue weighted by Crippen LogP contribution is -1.89. The first-order valence-electron chi connectivity index (χ1n) is 3.48. The van der Waals surface area contributed by atoms with Crippen molar-refractivity contribution in [2.24, 2.45) is 0 Å². The molecule has 6 heteroatoms. The molecule has 1 aromatic carbocycles. The Morgan fingerprint density at radius 2 is 2.15 bits per heavy atom. The third-order valence-electron chi connectivity index (χ3n) is 1.70. The number of halogens is 1. The Hall–Kier alpha value is -1.43. The highest BCUT2D eigenvalue weighted by molar-refractivity contribution is 9.08. The van der Waals surface area contributed by atoms with Crippen molar-refractivity contribution in [2.75, 3.05) is 0 Å². The molecular weight excluding hydrogens is 238 g/mol. The summed E-state index contributed by atoms with van der Waals surface area (Å²) in [5.74, 6) is -0.132. The molecule has 5 nitrogen and oxygen atoms in total. The molecule has 0 spiro atoms. The summed E-state index contributed by atoms with van der Waals surface area (Å²) in [5.41, 5.74) is 0.689. The number of aromatic nitrogens is 2. The third kappa shape index (κ3) is 1.19. The maximum Gasteiger partial charge on any atom is 0.398 e. The van der Waals surface area contributed by atoms with E-state index in [4.69, 9.17) is 0 Å². The second-order valence-corrected chi connectivity index (χ2v) is 3.13. The van der Waals surface area contributed by atoms with Crippen LogP contribution in [0.3, 0.4) is 0 Å².